The Labute approximate surface area is 204 Å². The number of likely N-dealkylation sites (N-methyl/N-ethyl adjacent to an activating group) is 1. The van der Waals surface area contributed by atoms with Crippen molar-refractivity contribution in [3.8, 4) is 5.75 Å². The van der Waals surface area contributed by atoms with Gasteiger partial charge in [0.1, 0.15) is 11.5 Å². The number of rotatable bonds is 8. The van der Waals surface area contributed by atoms with Crippen LogP contribution in [0.3, 0.4) is 0 Å². The second-order valence-corrected chi connectivity index (χ2v) is 9.51. The molecule has 1 N–H and O–H groups in total. The topological polar surface area (TPSA) is 70.1 Å². The number of ketones is 1. The van der Waals surface area contributed by atoms with Crippen LogP contribution in [-0.4, -0.2) is 60.4 Å². The highest BCUT2D eigenvalue weighted by Gasteiger charge is 2.46. The molecule has 8 heteroatoms. The molecule has 3 rings (SSSR count). The summed E-state index contributed by atoms with van der Waals surface area (Å²) in [7, 11) is 3.77. The van der Waals surface area contributed by atoms with Crippen LogP contribution in [0.2, 0.25) is 10.0 Å². The predicted molar refractivity (Wildman–Crippen MR) is 131 cm³/mol. The van der Waals surface area contributed by atoms with Gasteiger partial charge in [0, 0.05) is 18.7 Å². The number of Topliss-reactive ketones (excluding diaryl/α,β-unsaturated/α-hetero) is 1. The summed E-state index contributed by atoms with van der Waals surface area (Å²) in [5.74, 6) is -0.601. The Morgan fingerprint density at radius 3 is 2.33 bits per heavy atom. The molecule has 6 nitrogen and oxygen atoms in total. The summed E-state index contributed by atoms with van der Waals surface area (Å²) in [4.78, 5) is 29.4. The van der Waals surface area contributed by atoms with Gasteiger partial charge in [0.05, 0.1) is 28.3 Å². The van der Waals surface area contributed by atoms with Crippen molar-refractivity contribution < 1.29 is 19.4 Å². The number of carbonyl (C=O) groups is 2. The molecule has 1 aliphatic heterocycles. The van der Waals surface area contributed by atoms with E-state index < -0.39 is 17.7 Å². The number of amides is 1. The van der Waals surface area contributed by atoms with Crippen LogP contribution in [-0.2, 0) is 9.59 Å². The van der Waals surface area contributed by atoms with E-state index in [0.717, 1.165) is 0 Å². The van der Waals surface area contributed by atoms with Crippen molar-refractivity contribution in [2.75, 3.05) is 33.8 Å². The second kappa shape index (κ2) is 10.6. The minimum Gasteiger partial charge on any atom is -0.507 e. The van der Waals surface area contributed by atoms with E-state index in [9.17, 15) is 14.7 Å². The molecule has 176 valence electrons. The van der Waals surface area contributed by atoms with Crippen LogP contribution in [0.1, 0.15) is 31.0 Å². The molecule has 1 amide bonds. The maximum atomic E-state index is 13.0. The van der Waals surface area contributed by atoms with Gasteiger partial charge in [0.25, 0.3) is 11.7 Å². The van der Waals surface area contributed by atoms with Crippen molar-refractivity contribution in [2.45, 2.75) is 19.9 Å². The van der Waals surface area contributed by atoms with Crippen LogP contribution in [0.4, 0.5) is 0 Å². The SMILES string of the molecule is CC(C)COc1ccc(/C(O)=C2/C(=O)C(=O)N(CCN(C)C)C2c2ccc(Cl)c(Cl)c2)cc1. The Hall–Kier alpha value is -2.54. The van der Waals surface area contributed by atoms with Crippen molar-refractivity contribution in [3.05, 3.63) is 69.2 Å². The first-order valence-electron chi connectivity index (χ1n) is 10.7. The molecule has 1 aliphatic rings. The third kappa shape index (κ3) is 5.69. The van der Waals surface area contributed by atoms with Crippen LogP contribution in [0.25, 0.3) is 5.76 Å². The Kier molecular flexibility index (Phi) is 8.05. The Balaban J connectivity index is 2.05. The Morgan fingerprint density at radius 2 is 1.76 bits per heavy atom. The van der Waals surface area contributed by atoms with E-state index in [4.69, 9.17) is 27.9 Å². The lowest BCUT2D eigenvalue weighted by Gasteiger charge is -2.26. The zero-order valence-electron chi connectivity index (χ0n) is 19.1. The number of ether oxygens (including phenoxy) is 1. The van der Waals surface area contributed by atoms with Gasteiger partial charge in [-0.1, -0.05) is 43.1 Å². The summed E-state index contributed by atoms with van der Waals surface area (Å²) >= 11 is 12.3. The highest BCUT2D eigenvalue weighted by atomic mass is 35.5. The largest absolute Gasteiger partial charge is 0.507 e. The number of aliphatic hydroxyl groups is 1. The van der Waals surface area contributed by atoms with Crippen molar-refractivity contribution in [3.63, 3.8) is 0 Å². The lowest BCUT2D eigenvalue weighted by molar-refractivity contribution is -0.140. The van der Waals surface area contributed by atoms with Crippen molar-refractivity contribution in [1.29, 1.82) is 0 Å². The smallest absolute Gasteiger partial charge is 0.295 e. The monoisotopic (exact) mass is 490 g/mol. The highest BCUT2D eigenvalue weighted by Crippen LogP contribution is 2.41. The second-order valence-electron chi connectivity index (χ2n) is 8.70. The van der Waals surface area contributed by atoms with Gasteiger partial charge in [0.15, 0.2) is 0 Å². The summed E-state index contributed by atoms with van der Waals surface area (Å²) in [5.41, 5.74) is 1.04. The number of halogens is 2. The number of hydrogen-bond donors (Lipinski definition) is 1. The molecule has 0 saturated carbocycles. The first kappa shape index (κ1) is 25.1. The molecule has 2 aromatic rings. The number of benzene rings is 2. The molecular weight excluding hydrogens is 463 g/mol. The molecule has 0 aromatic heterocycles. The van der Waals surface area contributed by atoms with Gasteiger partial charge in [-0.05, 0) is 62.0 Å². The van der Waals surface area contributed by atoms with Gasteiger partial charge < -0.3 is 19.6 Å². The lowest BCUT2D eigenvalue weighted by Crippen LogP contribution is -2.35. The zero-order chi connectivity index (χ0) is 24.3. The molecule has 0 spiro atoms. The number of aliphatic hydroxyl groups excluding tert-OH is 1. The van der Waals surface area contributed by atoms with Gasteiger partial charge in [-0.25, -0.2) is 0 Å². The molecule has 0 bridgehead atoms. The molecule has 0 radical (unpaired) electrons. The van der Waals surface area contributed by atoms with Crippen LogP contribution in [0, 0.1) is 5.92 Å². The quantitative estimate of drug-likeness (QED) is 0.319. The number of carbonyl (C=O) groups excluding carboxylic acids is 2. The van der Waals surface area contributed by atoms with Gasteiger partial charge in [0.2, 0.25) is 0 Å². The molecule has 0 aliphatic carbocycles. The fourth-order valence-corrected chi connectivity index (χ4v) is 3.88. The summed E-state index contributed by atoms with van der Waals surface area (Å²) in [6.07, 6.45) is 0. The first-order chi connectivity index (χ1) is 15.6. The average Bonchev–Trinajstić information content (AvgIpc) is 3.02. The number of hydrogen-bond acceptors (Lipinski definition) is 5. The van der Waals surface area contributed by atoms with E-state index >= 15 is 0 Å². The molecule has 33 heavy (non-hydrogen) atoms. The lowest BCUT2D eigenvalue weighted by atomic mass is 9.95. The van der Waals surface area contributed by atoms with Gasteiger partial charge in [-0.2, -0.15) is 0 Å². The molecule has 1 unspecified atom stereocenters. The number of nitrogens with zero attached hydrogens (tertiary/aromatic N) is 2. The summed E-state index contributed by atoms with van der Waals surface area (Å²) < 4.78 is 5.69. The van der Waals surface area contributed by atoms with Crippen molar-refractivity contribution in [1.82, 2.24) is 9.80 Å². The van der Waals surface area contributed by atoms with E-state index in [1.807, 2.05) is 19.0 Å². The molecule has 1 atom stereocenters. The summed E-state index contributed by atoms with van der Waals surface area (Å²) in [6.45, 7) is 5.53. The summed E-state index contributed by atoms with van der Waals surface area (Å²) in [5, 5.41) is 11.8. The average molecular weight is 491 g/mol. The maximum Gasteiger partial charge on any atom is 0.295 e. The fraction of sp³-hybridized carbons (Fsp3) is 0.360. The molecule has 2 aromatic carbocycles. The Bertz CT molecular complexity index is 1060. The van der Waals surface area contributed by atoms with Gasteiger partial charge >= 0.3 is 0 Å². The number of likely N-dealkylation sites (tertiary alicyclic amines) is 1. The Morgan fingerprint density at radius 1 is 1.09 bits per heavy atom. The van der Waals surface area contributed by atoms with Crippen molar-refractivity contribution >= 4 is 40.7 Å². The third-order valence-electron chi connectivity index (χ3n) is 5.30. The molecule has 1 saturated heterocycles. The summed E-state index contributed by atoms with van der Waals surface area (Å²) in [6, 6.07) is 11.0. The minimum atomic E-state index is -0.781. The predicted octanol–water partition coefficient (Wildman–Crippen LogP) is 5.01. The van der Waals surface area contributed by atoms with E-state index in [1.54, 1.807) is 42.5 Å². The van der Waals surface area contributed by atoms with E-state index in [-0.39, 0.29) is 11.3 Å². The highest BCUT2D eigenvalue weighted by molar-refractivity contribution is 6.46. The van der Waals surface area contributed by atoms with E-state index in [0.29, 0.717) is 52.5 Å². The molecule has 1 heterocycles. The standard InChI is InChI=1S/C25H28Cl2N2O4/c1-15(2)14-33-18-8-5-16(6-9-18)23(30)21-22(17-7-10-19(26)20(27)13-17)29(12-11-28(3)4)25(32)24(21)31/h5-10,13,15,22,30H,11-12,14H2,1-4H3/b23-21-. The van der Waals surface area contributed by atoms with Gasteiger partial charge in [-0.3, -0.25) is 9.59 Å². The van der Waals surface area contributed by atoms with E-state index in [2.05, 4.69) is 13.8 Å². The van der Waals surface area contributed by atoms with Crippen LogP contribution >= 0.6 is 23.2 Å². The third-order valence-corrected chi connectivity index (χ3v) is 6.04. The first-order valence-corrected chi connectivity index (χ1v) is 11.5. The van der Waals surface area contributed by atoms with E-state index in [1.165, 1.54) is 4.90 Å². The van der Waals surface area contributed by atoms with Crippen LogP contribution in [0.15, 0.2) is 48.0 Å². The van der Waals surface area contributed by atoms with Crippen LogP contribution < -0.4 is 4.74 Å². The minimum absolute atomic E-state index is 0.0213. The molecular formula is C25H28Cl2N2O4. The fourth-order valence-electron chi connectivity index (χ4n) is 3.57. The van der Waals surface area contributed by atoms with Crippen molar-refractivity contribution in [2.24, 2.45) is 5.92 Å². The maximum absolute atomic E-state index is 13.0. The van der Waals surface area contributed by atoms with Gasteiger partial charge in [-0.15, -0.1) is 0 Å². The van der Waals surface area contributed by atoms with Crippen LogP contribution in [0.5, 0.6) is 5.75 Å². The zero-order valence-corrected chi connectivity index (χ0v) is 20.7. The molecule has 1 fully saturated rings. The normalized spacial score (nSPS) is 17.9.